The minimum atomic E-state index is 0.578. The lowest BCUT2D eigenvalue weighted by Gasteiger charge is -2.13. The summed E-state index contributed by atoms with van der Waals surface area (Å²) < 4.78 is 10.6. The summed E-state index contributed by atoms with van der Waals surface area (Å²) in [4.78, 5) is 4.57. The molecule has 0 saturated carbocycles. The number of rotatable bonds is 5. The molecule has 20 heavy (non-hydrogen) atoms. The van der Waals surface area contributed by atoms with E-state index >= 15 is 0 Å². The van der Waals surface area contributed by atoms with Gasteiger partial charge in [0.05, 0.1) is 26.5 Å². The van der Waals surface area contributed by atoms with Crippen molar-refractivity contribution < 1.29 is 9.47 Å². The normalized spacial score (nSPS) is 18.1. The molecule has 0 amide bonds. The van der Waals surface area contributed by atoms with Crippen LogP contribution in [-0.2, 0) is 0 Å². The van der Waals surface area contributed by atoms with E-state index in [-0.39, 0.29) is 0 Å². The Morgan fingerprint density at radius 1 is 1.35 bits per heavy atom. The van der Waals surface area contributed by atoms with E-state index in [0.29, 0.717) is 11.2 Å². The fraction of sp³-hybridized carbons (Fsp3) is 0.533. The number of aliphatic imine (C=N–C) groups is 1. The first-order valence-corrected chi connectivity index (χ1v) is 7.70. The highest BCUT2D eigenvalue weighted by molar-refractivity contribution is 8.15. The monoisotopic (exact) mass is 294 g/mol. The van der Waals surface area contributed by atoms with Gasteiger partial charge in [0.25, 0.3) is 0 Å². The Bertz CT molecular complexity index is 489. The summed E-state index contributed by atoms with van der Waals surface area (Å²) in [6.45, 7) is 5.38. The zero-order valence-corrected chi connectivity index (χ0v) is 13.3. The number of nitrogens with one attached hydrogen (secondary N) is 1. The fourth-order valence-corrected chi connectivity index (χ4v) is 3.43. The first kappa shape index (κ1) is 15.0. The molecule has 110 valence electrons. The van der Waals surface area contributed by atoms with Gasteiger partial charge in [0.15, 0.2) is 5.17 Å². The third-order valence-corrected chi connectivity index (χ3v) is 4.23. The molecule has 0 aromatic heterocycles. The number of benzene rings is 1. The average molecular weight is 294 g/mol. The predicted molar refractivity (Wildman–Crippen MR) is 86.3 cm³/mol. The van der Waals surface area contributed by atoms with E-state index in [1.165, 1.54) is 6.42 Å². The van der Waals surface area contributed by atoms with Gasteiger partial charge in [-0.3, -0.25) is 4.99 Å². The van der Waals surface area contributed by atoms with Gasteiger partial charge in [-0.2, -0.15) is 0 Å². The molecule has 0 radical (unpaired) electrons. The van der Waals surface area contributed by atoms with Crippen molar-refractivity contribution in [1.82, 2.24) is 0 Å². The van der Waals surface area contributed by atoms with E-state index in [1.54, 1.807) is 14.2 Å². The maximum atomic E-state index is 5.36. The van der Waals surface area contributed by atoms with Crippen LogP contribution in [0.3, 0.4) is 0 Å². The third kappa shape index (κ3) is 3.82. The number of hydrogen-bond acceptors (Lipinski definition) is 5. The predicted octanol–water partition coefficient (Wildman–Crippen LogP) is 3.63. The van der Waals surface area contributed by atoms with Crippen molar-refractivity contribution in [1.29, 1.82) is 0 Å². The van der Waals surface area contributed by atoms with Crippen molar-refractivity contribution in [2.75, 3.05) is 26.1 Å². The molecular weight excluding hydrogens is 272 g/mol. The van der Waals surface area contributed by atoms with E-state index in [9.17, 15) is 0 Å². The maximum absolute atomic E-state index is 5.36. The van der Waals surface area contributed by atoms with Crippen LogP contribution >= 0.6 is 11.8 Å². The van der Waals surface area contributed by atoms with Crippen molar-refractivity contribution in [3.8, 4) is 11.5 Å². The van der Waals surface area contributed by atoms with E-state index in [0.717, 1.165) is 28.9 Å². The van der Waals surface area contributed by atoms with E-state index in [2.05, 4.69) is 24.2 Å². The Kier molecular flexibility index (Phi) is 5.17. The van der Waals surface area contributed by atoms with Gasteiger partial charge >= 0.3 is 0 Å². The quantitative estimate of drug-likeness (QED) is 0.900. The smallest absolute Gasteiger partial charge is 0.161 e. The van der Waals surface area contributed by atoms with Crippen molar-refractivity contribution in [3.63, 3.8) is 0 Å². The van der Waals surface area contributed by atoms with Gasteiger partial charge in [-0.25, -0.2) is 0 Å². The molecule has 0 bridgehead atoms. The topological polar surface area (TPSA) is 42.9 Å². The molecule has 5 heteroatoms. The molecular formula is C15H22N2O2S. The van der Waals surface area contributed by atoms with Gasteiger partial charge in [0, 0.05) is 11.3 Å². The van der Waals surface area contributed by atoms with Crippen LogP contribution in [0.1, 0.15) is 20.3 Å². The molecule has 1 aromatic carbocycles. The largest absolute Gasteiger partial charge is 0.497 e. The molecule has 0 fully saturated rings. The summed E-state index contributed by atoms with van der Waals surface area (Å²) >= 11 is 1.81. The molecule has 1 aliphatic rings. The Balaban J connectivity index is 2.03. The van der Waals surface area contributed by atoms with Crippen LogP contribution in [0.5, 0.6) is 11.5 Å². The lowest BCUT2D eigenvalue weighted by molar-refractivity contribution is 0.405. The number of thioether (sulfide) groups is 1. The van der Waals surface area contributed by atoms with Crippen molar-refractivity contribution in [3.05, 3.63) is 18.2 Å². The van der Waals surface area contributed by atoms with E-state index in [4.69, 9.17) is 9.47 Å². The molecule has 4 nitrogen and oxygen atoms in total. The van der Waals surface area contributed by atoms with Gasteiger partial charge < -0.3 is 14.8 Å². The summed E-state index contributed by atoms with van der Waals surface area (Å²) in [7, 11) is 3.32. The summed E-state index contributed by atoms with van der Waals surface area (Å²) in [5.74, 6) is 2.30. The minimum Gasteiger partial charge on any atom is -0.497 e. The number of nitrogens with zero attached hydrogens (tertiary/aromatic N) is 1. The Morgan fingerprint density at radius 2 is 2.15 bits per heavy atom. The highest BCUT2D eigenvalue weighted by Crippen LogP contribution is 2.32. The molecule has 2 rings (SSSR count). The highest BCUT2D eigenvalue weighted by atomic mass is 32.2. The van der Waals surface area contributed by atoms with Crippen LogP contribution in [0, 0.1) is 5.92 Å². The second-order valence-corrected chi connectivity index (χ2v) is 6.50. The first-order chi connectivity index (χ1) is 9.62. The lowest BCUT2D eigenvalue weighted by atomic mass is 10.1. The molecule has 0 spiro atoms. The van der Waals surface area contributed by atoms with Gasteiger partial charge in [0.2, 0.25) is 0 Å². The first-order valence-electron chi connectivity index (χ1n) is 6.82. The number of anilines is 1. The van der Waals surface area contributed by atoms with Crippen LogP contribution in [0.15, 0.2) is 23.2 Å². The number of methoxy groups -OCH3 is 2. The third-order valence-electron chi connectivity index (χ3n) is 3.10. The van der Waals surface area contributed by atoms with E-state index < -0.39 is 0 Å². The average Bonchev–Trinajstić information content (AvgIpc) is 2.85. The standard InChI is InChI=1S/C15H22N2O2S/c1-10(2)7-12-9-16-15(20-12)17-13-8-11(18-3)5-6-14(13)19-4/h5-6,8,10,12H,7,9H2,1-4H3,(H,16,17). The molecule has 1 aliphatic heterocycles. The molecule has 1 atom stereocenters. The molecule has 1 heterocycles. The molecule has 1 aromatic rings. The summed E-state index contributed by atoms with van der Waals surface area (Å²) in [6, 6.07) is 5.71. The lowest BCUT2D eigenvalue weighted by Crippen LogP contribution is -2.10. The summed E-state index contributed by atoms with van der Waals surface area (Å²) in [5, 5.41) is 4.88. The zero-order chi connectivity index (χ0) is 14.5. The Morgan fingerprint density at radius 3 is 2.80 bits per heavy atom. The number of hydrogen-bond donors (Lipinski definition) is 1. The van der Waals surface area contributed by atoms with Gasteiger partial charge in [-0.15, -0.1) is 0 Å². The molecule has 1 N–H and O–H groups in total. The number of ether oxygens (including phenoxy) is 2. The summed E-state index contributed by atoms with van der Waals surface area (Å²) in [6.07, 6.45) is 1.19. The van der Waals surface area contributed by atoms with Crippen LogP contribution in [-0.4, -0.2) is 31.2 Å². The van der Waals surface area contributed by atoms with Crippen molar-refractivity contribution >= 4 is 22.6 Å². The van der Waals surface area contributed by atoms with E-state index in [1.807, 2.05) is 30.0 Å². The molecule has 0 saturated heterocycles. The second-order valence-electron chi connectivity index (χ2n) is 5.21. The van der Waals surface area contributed by atoms with Gasteiger partial charge in [-0.05, 0) is 24.5 Å². The highest BCUT2D eigenvalue weighted by Gasteiger charge is 2.21. The van der Waals surface area contributed by atoms with Crippen LogP contribution in [0.2, 0.25) is 0 Å². The maximum Gasteiger partial charge on any atom is 0.161 e. The number of amidine groups is 1. The van der Waals surface area contributed by atoms with Gasteiger partial charge in [-0.1, -0.05) is 25.6 Å². The van der Waals surface area contributed by atoms with Crippen LogP contribution < -0.4 is 14.8 Å². The molecule has 0 aliphatic carbocycles. The van der Waals surface area contributed by atoms with Crippen LogP contribution in [0.4, 0.5) is 5.69 Å². The van der Waals surface area contributed by atoms with Crippen molar-refractivity contribution in [2.45, 2.75) is 25.5 Å². The van der Waals surface area contributed by atoms with Crippen molar-refractivity contribution in [2.24, 2.45) is 10.9 Å². The SMILES string of the molecule is COc1ccc(OC)c(NC2=NCC(CC(C)C)S2)c1. The Hall–Kier alpha value is -1.36. The summed E-state index contributed by atoms with van der Waals surface area (Å²) in [5.41, 5.74) is 0.892. The zero-order valence-electron chi connectivity index (χ0n) is 12.5. The second kappa shape index (κ2) is 6.88. The van der Waals surface area contributed by atoms with Gasteiger partial charge in [0.1, 0.15) is 11.5 Å². The minimum absolute atomic E-state index is 0.578. The molecule has 1 unspecified atom stereocenters. The van der Waals surface area contributed by atoms with Crippen LogP contribution in [0.25, 0.3) is 0 Å². The Labute approximate surface area is 125 Å². The fourth-order valence-electron chi connectivity index (χ4n) is 2.16.